The van der Waals surface area contributed by atoms with Crippen molar-refractivity contribution in [2.24, 2.45) is 0 Å². The van der Waals surface area contributed by atoms with Gasteiger partial charge in [0, 0.05) is 12.2 Å². The number of carbonyl (C=O) groups is 1. The van der Waals surface area contributed by atoms with Crippen LogP contribution in [0.5, 0.6) is 5.75 Å². The Hall–Kier alpha value is -1.71. The molecule has 4 heteroatoms. The first-order chi connectivity index (χ1) is 8.22. The van der Waals surface area contributed by atoms with Crippen LogP contribution in [0.3, 0.4) is 0 Å². The summed E-state index contributed by atoms with van der Waals surface area (Å²) >= 11 is 0. The first-order valence-electron chi connectivity index (χ1n) is 5.97. The fraction of sp³-hybridized carbons (Fsp3) is 0.462. The molecule has 1 amide bonds. The van der Waals surface area contributed by atoms with Crippen molar-refractivity contribution in [3.8, 4) is 5.75 Å². The number of ether oxygens (including phenoxy) is 1. The minimum absolute atomic E-state index is 0.0516. The van der Waals surface area contributed by atoms with E-state index in [2.05, 4.69) is 12.2 Å². The molecule has 1 aromatic rings. The van der Waals surface area contributed by atoms with Crippen LogP contribution in [0.2, 0.25) is 0 Å². The maximum atomic E-state index is 11.4. The van der Waals surface area contributed by atoms with Crippen molar-refractivity contribution < 1.29 is 9.53 Å². The summed E-state index contributed by atoms with van der Waals surface area (Å²) < 4.78 is 5.31. The van der Waals surface area contributed by atoms with Gasteiger partial charge in [0.15, 0.2) is 6.61 Å². The van der Waals surface area contributed by atoms with Crippen molar-refractivity contribution in [2.45, 2.75) is 26.2 Å². The summed E-state index contributed by atoms with van der Waals surface area (Å²) in [4.78, 5) is 11.4. The molecular formula is C13H20N2O2. The van der Waals surface area contributed by atoms with Gasteiger partial charge >= 0.3 is 0 Å². The molecule has 0 bridgehead atoms. The summed E-state index contributed by atoms with van der Waals surface area (Å²) in [6.07, 6.45) is 3.31. The quantitative estimate of drug-likeness (QED) is 0.562. The van der Waals surface area contributed by atoms with Gasteiger partial charge < -0.3 is 15.8 Å². The molecular weight excluding hydrogens is 216 g/mol. The lowest BCUT2D eigenvalue weighted by molar-refractivity contribution is -0.123. The first kappa shape index (κ1) is 13.4. The predicted octanol–water partition coefficient (Wildman–Crippen LogP) is 1.95. The third-order valence-corrected chi connectivity index (χ3v) is 2.35. The number of hydrogen-bond donors (Lipinski definition) is 2. The molecule has 0 aliphatic carbocycles. The number of rotatable bonds is 7. The first-order valence-corrected chi connectivity index (χ1v) is 5.97. The zero-order chi connectivity index (χ0) is 12.5. The van der Waals surface area contributed by atoms with Gasteiger partial charge in [-0.2, -0.15) is 0 Å². The summed E-state index contributed by atoms with van der Waals surface area (Å²) in [5.41, 5.74) is 6.22. The number of nitrogen functional groups attached to an aromatic ring is 1. The van der Waals surface area contributed by atoms with E-state index in [1.54, 1.807) is 24.3 Å². The zero-order valence-electron chi connectivity index (χ0n) is 10.2. The van der Waals surface area contributed by atoms with Crippen molar-refractivity contribution in [1.29, 1.82) is 0 Å². The van der Waals surface area contributed by atoms with E-state index in [1.807, 2.05) is 0 Å². The highest BCUT2D eigenvalue weighted by molar-refractivity contribution is 5.77. The van der Waals surface area contributed by atoms with Gasteiger partial charge in [0.25, 0.3) is 5.91 Å². The summed E-state index contributed by atoms with van der Waals surface area (Å²) in [5.74, 6) is 0.570. The monoisotopic (exact) mass is 236 g/mol. The smallest absolute Gasteiger partial charge is 0.257 e. The molecule has 0 radical (unpaired) electrons. The van der Waals surface area contributed by atoms with Gasteiger partial charge in [-0.3, -0.25) is 4.79 Å². The molecule has 17 heavy (non-hydrogen) atoms. The lowest BCUT2D eigenvalue weighted by Gasteiger charge is -2.07. The van der Waals surface area contributed by atoms with Gasteiger partial charge in [0.2, 0.25) is 0 Å². The molecule has 3 N–H and O–H groups in total. The molecule has 0 saturated heterocycles. The number of unbranched alkanes of at least 4 members (excludes halogenated alkanes) is 2. The average Bonchev–Trinajstić information content (AvgIpc) is 2.34. The topological polar surface area (TPSA) is 64.3 Å². The van der Waals surface area contributed by atoms with Crippen LogP contribution in [0, 0.1) is 0 Å². The van der Waals surface area contributed by atoms with Crippen LogP contribution in [0.4, 0.5) is 5.69 Å². The molecule has 0 fully saturated rings. The Morgan fingerprint density at radius 2 is 2.00 bits per heavy atom. The fourth-order valence-corrected chi connectivity index (χ4v) is 1.37. The highest BCUT2D eigenvalue weighted by Gasteiger charge is 2.01. The molecule has 0 atom stereocenters. The molecule has 0 aliphatic heterocycles. The summed E-state index contributed by atoms with van der Waals surface area (Å²) in [6.45, 7) is 2.90. The third-order valence-electron chi connectivity index (χ3n) is 2.35. The summed E-state index contributed by atoms with van der Waals surface area (Å²) in [5, 5.41) is 2.81. The number of amides is 1. The van der Waals surface area contributed by atoms with Crippen molar-refractivity contribution >= 4 is 11.6 Å². The lowest BCUT2D eigenvalue weighted by atomic mass is 10.2. The molecule has 1 aromatic carbocycles. The Bertz CT molecular complexity index is 336. The number of carbonyl (C=O) groups excluding carboxylic acids is 1. The SMILES string of the molecule is CCCCCNC(=O)COc1ccc(N)cc1. The van der Waals surface area contributed by atoms with Crippen LogP contribution in [0.25, 0.3) is 0 Å². The van der Waals surface area contributed by atoms with E-state index in [4.69, 9.17) is 10.5 Å². The average molecular weight is 236 g/mol. The molecule has 0 saturated carbocycles. The second-order valence-corrected chi connectivity index (χ2v) is 3.91. The standard InChI is InChI=1S/C13H20N2O2/c1-2-3-4-9-15-13(16)10-17-12-7-5-11(14)6-8-12/h5-8H,2-4,9-10,14H2,1H3,(H,15,16). The second-order valence-electron chi connectivity index (χ2n) is 3.91. The Morgan fingerprint density at radius 3 is 2.65 bits per heavy atom. The largest absolute Gasteiger partial charge is 0.484 e. The minimum atomic E-state index is -0.0853. The maximum absolute atomic E-state index is 11.4. The Kier molecular flexibility index (Phi) is 5.93. The van der Waals surface area contributed by atoms with Crippen LogP contribution in [0.15, 0.2) is 24.3 Å². The van der Waals surface area contributed by atoms with Gasteiger partial charge in [-0.1, -0.05) is 19.8 Å². The number of hydrogen-bond acceptors (Lipinski definition) is 3. The van der Waals surface area contributed by atoms with E-state index in [9.17, 15) is 4.79 Å². The van der Waals surface area contributed by atoms with E-state index < -0.39 is 0 Å². The predicted molar refractivity (Wildman–Crippen MR) is 68.9 cm³/mol. The van der Waals surface area contributed by atoms with Gasteiger partial charge in [0.1, 0.15) is 5.75 Å². The fourth-order valence-electron chi connectivity index (χ4n) is 1.37. The van der Waals surface area contributed by atoms with Crippen LogP contribution in [-0.2, 0) is 4.79 Å². The van der Waals surface area contributed by atoms with E-state index in [1.165, 1.54) is 0 Å². The highest BCUT2D eigenvalue weighted by Crippen LogP contribution is 2.12. The van der Waals surface area contributed by atoms with Gasteiger partial charge in [-0.15, -0.1) is 0 Å². The summed E-state index contributed by atoms with van der Waals surface area (Å²) in [7, 11) is 0. The van der Waals surface area contributed by atoms with Crippen LogP contribution in [0.1, 0.15) is 26.2 Å². The molecule has 0 spiro atoms. The van der Waals surface area contributed by atoms with Crippen LogP contribution in [-0.4, -0.2) is 19.1 Å². The molecule has 0 aliphatic rings. The van der Waals surface area contributed by atoms with Crippen LogP contribution >= 0.6 is 0 Å². The summed E-state index contributed by atoms with van der Waals surface area (Å²) in [6, 6.07) is 6.99. The maximum Gasteiger partial charge on any atom is 0.257 e. The molecule has 4 nitrogen and oxygen atoms in total. The van der Waals surface area contributed by atoms with Crippen molar-refractivity contribution in [3.05, 3.63) is 24.3 Å². The third kappa shape index (κ3) is 5.80. The van der Waals surface area contributed by atoms with Crippen molar-refractivity contribution in [1.82, 2.24) is 5.32 Å². The van der Waals surface area contributed by atoms with Crippen LogP contribution < -0.4 is 15.8 Å². The highest BCUT2D eigenvalue weighted by atomic mass is 16.5. The number of anilines is 1. The van der Waals surface area contributed by atoms with E-state index >= 15 is 0 Å². The molecule has 1 rings (SSSR count). The zero-order valence-corrected chi connectivity index (χ0v) is 10.2. The molecule has 0 unspecified atom stereocenters. The molecule has 0 heterocycles. The number of benzene rings is 1. The normalized spacial score (nSPS) is 9.94. The van der Waals surface area contributed by atoms with Crippen molar-refractivity contribution in [2.75, 3.05) is 18.9 Å². The van der Waals surface area contributed by atoms with E-state index in [0.29, 0.717) is 11.4 Å². The lowest BCUT2D eigenvalue weighted by Crippen LogP contribution is -2.29. The number of nitrogens with one attached hydrogen (secondary N) is 1. The molecule has 0 aromatic heterocycles. The van der Waals surface area contributed by atoms with Gasteiger partial charge in [-0.05, 0) is 30.7 Å². The van der Waals surface area contributed by atoms with E-state index in [0.717, 1.165) is 25.8 Å². The second kappa shape index (κ2) is 7.54. The number of nitrogens with two attached hydrogens (primary N) is 1. The van der Waals surface area contributed by atoms with Gasteiger partial charge in [0.05, 0.1) is 0 Å². The van der Waals surface area contributed by atoms with E-state index in [-0.39, 0.29) is 12.5 Å². The Balaban J connectivity index is 2.17. The Morgan fingerprint density at radius 1 is 1.29 bits per heavy atom. The Labute approximate surface area is 102 Å². The molecule has 94 valence electrons. The van der Waals surface area contributed by atoms with Crippen molar-refractivity contribution in [3.63, 3.8) is 0 Å². The van der Waals surface area contributed by atoms with Gasteiger partial charge in [-0.25, -0.2) is 0 Å². The minimum Gasteiger partial charge on any atom is -0.484 e.